The molecule has 0 saturated carbocycles. The van der Waals surface area contributed by atoms with Gasteiger partial charge in [0.05, 0.1) is 11.9 Å². The van der Waals surface area contributed by atoms with Crippen LogP contribution in [0, 0.1) is 20.8 Å². The Morgan fingerprint density at radius 3 is 2.16 bits per heavy atom. The van der Waals surface area contributed by atoms with E-state index in [2.05, 4.69) is 5.32 Å². The van der Waals surface area contributed by atoms with Crippen LogP contribution in [0.2, 0.25) is 0 Å². The standard InChI is InChI=1S/C29H43N3O4S/c1-9-26(28(34)30-29(5,6)7)31(20-24-14-11-10-13-22(24)3)27(33)15-12-18-32(37(8,35)36)25-17-16-21(2)23(4)19-25/h10-11,13-14,16-17,19,26H,9,12,15,18,20H2,1-8H3,(H,30,34). The van der Waals surface area contributed by atoms with Crippen molar-refractivity contribution in [3.8, 4) is 0 Å². The van der Waals surface area contributed by atoms with Crippen molar-refractivity contribution < 1.29 is 18.0 Å². The number of nitrogens with zero attached hydrogens (tertiary/aromatic N) is 2. The predicted octanol–water partition coefficient (Wildman–Crippen LogP) is 4.88. The van der Waals surface area contributed by atoms with Crippen molar-refractivity contribution >= 4 is 27.5 Å². The minimum atomic E-state index is -3.53. The van der Waals surface area contributed by atoms with E-state index in [0.717, 1.165) is 22.3 Å². The minimum Gasteiger partial charge on any atom is -0.350 e. The Morgan fingerprint density at radius 1 is 0.973 bits per heavy atom. The van der Waals surface area contributed by atoms with Gasteiger partial charge in [-0.1, -0.05) is 37.3 Å². The molecule has 0 aromatic heterocycles. The van der Waals surface area contributed by atoms with E-state index >= 15 is 0 Å². The third-order valence-corrected chi connectivity index (χ3v) is 7.61. The van der Waals surface area contributed by atoms with E-state index in [1.54, 1.807) is 11.0 Å². The summed E-state index contributed by atoms with van der Waals surface area (Å²) in [4.78, 5) is 28.4. The summed E-state index contributed by atoms with van der Waals surface area (Å²) in [6, 6.07) is 12.7. The second kappa shape index (κ2) is 12.6. The molecule has 8 heteroatoms. The summed E-state index contributed by atoms with van der Waals surface area (Å²) in [7, 11) is -3.53. The molecule has 0 aliphatic carbocycles. The lowest BCUT2D eigenvalue weighted by Gasteiger charge is -2.33. The Bertz CT molecular complexity index is 1200. The van der Waals surface area contributed by atoms with Crippen molar-refractivity contribution in [3.63, 3.8) is 0 Å². The molecule has 37 heavy (non-hydrogen) atoms. The monoisotopic (exact) mass is 529 g/mol. The molecule has 0 spiro atoms. The molecule has 7 nitrogen and oxygen atoms in total. The number of carbonyl (C=O) groups is 2. The number of aryl methyl sites for hydroxylation is 3. The van der Waals surface area contributed by atoms with Gasteiger partial charge in [-0.05, 0) is 88.8 Å². The maximum absolute atomic E-state index is 13.6. The molecular weight excluding hydrogens is 486 g/mol. The van der Waals surface area contributed by atoms with E-state index in [0.29, 0.717) is 25.1 Å². The molecule has 2 aromatic carbocycles. The maximum atomic E-state index is 13.6. The molecule has 0 heterocycles. The van der Waals surface area contributed by atoms with Crippen molar-refractivity contribution in [1.29, 1.82) is 0 Å². The van der Waals surface area contributed by atoms with Crippen LogP contribution in [0.1, 0.15) is 69.2 Å². The number of anilines is 1. The van der Waals surface area contributed by atoms with Crippen LogP contribution in [0.15, 0.2) is 42.5 Å². The third kappa shape index (κ3) is 8.88. The quantitative estimate of drug-likeness (QED) is 0.449. The number of carbonyl (C=O) groups excluding carboxylic acids is 2. The Hall–Kier alpha value is -2.87. The Balaban J connectivity index is 2.27. The lowest BCUT2D eigenvalue weighted by atomic mass is 10.0. The first kappa shape index (κ1) is 30.4. The molecule has 2 rings (SSSR count). The zero-order valence-electron chi connectivity index (χ0n) is 23.6. The third-order valence-electron chi connectivity index (χ3n) is 6.42. The zero-order valence-corrected chi connectivity index (χ0v) is 24.4. The fraction of sp³-hybridized carbons (Fsp3) is 0.517. The molecule has 1 N–H and O–H groups in total. The van der Waals surface area contributed by atoms with E-state index in [9.17, 15) is 18.0 Å². The van der Waals surface area contributed by atoms with Gasteiger partial charge < -0.3 is 10.2 Å². The number of hydrogen-bond acceptors (Lipinski definition) is 4. The van der Waals surface area contributed by atoms with E-state index in [1.165, 1.54) is 10.6 Å². The topological polar surface area (TPSA) is 86.8 Å². The summed E-state index contributed by atoms with van der Waals surface area (Å²) in [5.74, 6) is -0.363. The molecule has 1 atom stereocenters. The van der Waals surface area contributed by atoms with Crippen molar-refractivity contribution in [3.05, 3.63) is 64.7 Å². The van der Waals surface area contributed by atoms with Gasteiger partial charge in [0.25, 0.3) is 0 Å². The van der Waals surface area contributed by atoms with Crippen LogP contribution in [0.4, 0.5) is 5.69 Å². The van der Waals surface area contributed by atoms with Crippen LogP contribution in [0.25, 0.3) is 0 Å². The number of benzene rings is 2. The highest BCUT2D eigenvalue weighted by Crippen LogP contribution is 2.23. The first-order valence-corrected chi connectivity index (χ1v) is 14.7. The Labute approximate surface area is 223 Å². The Kier molecular flexibility index (Phi) is 10.3. The van der Waals surface area contributed by atoms with Gasteiger partial charge in [-0.15, -0.1) is 0 Å². The molecule has 1 unspecified atom stereocenters. The van der Waals surface area contributed by atoms with Gasteiger partial charge in [0.15, 0.2) is 0 Å². The smallest absolute Gasteiger partial charge is 0.243 e. The number of sulfonamides is 1. The van der Waals surface area contributed by atoms with Crippen LogP contribution in [0.3, 0.4) is 0 Å². The van der Waals surface area contributed by atoms with Crippen LogP contribution in [-0.2, 0) is 26.2 Å². The van der Waals surface area contributed by atoms with Crippen molar-refractivity contribution in [1.82, 2.24) is 10.2 Å². The average molecular weight is 530 g/mol. The zero-order chi connectivity index (χ0) is 28.0. The minimum absolute atomic E-state index is 0.127. The Morgan fingerprint density at radius 2 is 1.62 bits per heavy atom. The SMILES string of the molecule is CCC(C(=O)NC(C)(C)C)N(Cc1ccccc1C)C(=O)CCCN(c1ccc(C)c(C)c1)S(C)(=O)=O. The van der Waals surface area contributed by atoms with Crippen molar-refractivity contribution in [2.45, 2.75) is 85.9 Å². The molecular formula is C29H43N3O4S. The fourth-order valence-electron chi connectivity index (χ4n) is 4.23. The van der Waals surface area contributed by atoms with Gasteiger partial charge in [0.2, 0.25) is 21.8 Å². The van der Waals surface area contributed by atoms with Crippen LogP contribution >= 0.6 is 0 Å². The molecule has 0 radical (unpaired) electrons. The normalized spacial score (nSPS) is 12.6. The van der Waals surface area contributed by atoms with Crippen LogP contribution in [-0.4, -0.2) is 49.5 Å². The fourth-order valence-corrected chi connectivity index (χ4v) is 5.19. The molecule has 2 amide bonds. The molecule has 204 valence electrons. The van der Waals surface area contributed by atoms with Gasteiger partial charge in [-0.25, -0.2) is 8.42 Å². The lowest BCUT2D eigenvalue weighted by molar-refractivity contribution is -0.142. The van der Waals surface area contributed by atoms with Gasteiger partial charge >= 0.3 is 0 Å². The largest absolute Gasteiger partial charge is 0.350 e. The summed E-state index contributed by atoms with van der Waals surface area (Å²) in [6.45, 7) is 14.0. The first-order valence-electron chi connectivity index (χ1n) is 12.8. The highest BCUT2D eigenvalue weighted by atomic mass is 32.2. The first-order chi connectivity index (χ1) is 17.1. The number of amides is 2. The summed E-state index contributed by atoms with van der Waals surface area (Å²) in [6.07, 6.45) is 2.11. The summed E-state index contributed by atoms with van der Waals surface area (Å²) >= 11 is 0. The van der Waals surface area contributed by atoms with Gasteiger partial charge in [-0.2, -0.15) is 0 Å². The molecule has 0 saturated heterocycles. The second-order valence-corrected chi connectivity index (χ2v) is 12.7. The van der Waals surface area contributed by atoms with Gasteiger partial charge in [0, 0.05) is 25.0 Å². The predicted molar refractivity (Wildman–Crippen MR) is 151 cm³/mol. The number of nitrogens with one attached hydrogen (secondary N) is 1. The van der Waals surface area contributed by atoms with Gasteiger partial charge in [-0.3, -0.25) is 13.9 Å². The van der Waals surface area contributed by atoms with E-state index < -0.39 is 21.6 Å². The van der Waals surface area contributed by atoms with E-state index in [4.69, 9.17) is 0 Å². The second-order valence-electron chi connectivity index (χ2n) is 10.8. The maximum Gasteiger partial charge on any atom is 0.243 e. The highest BCUT2D eigenvalue weighted by molar-refractivity contribution is 7.92. The molecule has 0 fully saturated rings. The number of rotatable bonds is 11. The van der Waals surface area contributed by atoms with Gasteiger partial charge in [0.1, 0.15) is 6.04 Å². The highest BCUT2D eigenvalue weighted by Gasteiger charge is 2.31. The van der Waals surface area contributed by atoms with Crippen molar-refractivity contribution in [2.24, 2.45) is 0 Å². The molecule has 0 bridgehead atoms. The summed E-state index contributed by atoms with van der Waals surface area (Å²) < 4.78 is 26.5. The van der Waals surface area contributed by atoms with E-state index in [1.807, 2.05) is 84.9 Å². The molecule has 0 aliphatic rings. The van der Waals surface area contributed by atoms with E-state index in [-0.39, 0.29) is 24.8 Å². The van der Waals surface area contributed by atoms with Crippen molar-refractivity contribution in [2.75, 3.05) is 17.1 Å². The summed E-state index contributed by atoms with van der Waals surface area (Å²) in [5.41, 5.74) is 4.27. The van der Waals surface area contributed by atoms with Crippen LogP contribution < -0.4 is 9.62 Å². The molecule has 0 aliphatic heterocycles. The number of hydrogen-bond donors (Lipinski definition) is 1. The molecule has 2 aromatic rings. The van der Waals surface area contributed by atoms with Crippen LogP contribution in [0.5, 0.6) is 0 Å². The average Bonchev–Trinajstić information content (AvgIpc) is 2.77. The lowest BCUT2D eigenvalue weighted by Crippen LogP contribution is -2.53. The summed E-state index contributed by atoms with van der Waals surface area (Å²) in [5, 5.41) is 3.01.